The second kappa shape index (κ2) is 8.99. The summed E-state index contributed by atoms with van der Waals surface area (Å²) in [5.41, 5.74) is 4.00. The molecule has 1 aromatic heterocycles. The third-order valence-corrected chi connectivity index (χ3v) is 6.40. The molecule has 2 amide bonds. The van der Waals surface area contributed by atoms with Gasteiger partial charge in [-0.3, -0.25) is 24.6 Å². The topological polar surface area (TPSA) is 123 Å². The summed E-state index contributed by atoms with van der Waals surface area (Å²) in [5.74, 6) is -1.43. The third kappa shape index (κ3) is 4.35. The van der Waals surface area contributed by atoms with Crippen LogP contribution in [-0.2, 0) is 11.3 Å². The number of thioether (sulfide) groups is 1. The van der Waals surface area contributed by atoms with E-state index in [-0.39, 0.29) is 22.7 Å². The van der Waals surface area contributed by atoms with Gasteiger partial charge in [0, 0.05) is 29.2 Å². The van der Waals surface area contributed by atoms with Crippen LogP contribution in [0.1, 0.15) is 32.9 Å². The summed E-state index contributed by atoms with van der Waals surface area (Å²) in [7, 11) is 0. The summed E-state index contributed by atoms with van der Waals surface area (Å²) < 4.78 is 1.94. The van der Waals surface area contributed by atoms with Crippen LogP contribution in [0.25, 0.3) is 11.8 Å². The molecule has 0 radical (unpaired) electrons. The van der Waals surface area contributed by atoms with Gasteiger partial charge < -0.3 is 9.67 Å². The fourth-order valence-electron chi connectivity index (χ4n) is 3.77. The first kappa shape index (κ1) is 23.0. The molecule has 0 aliphatic carbocycles. The number of nitrogens with zero attached hydrogens (tertiary/aromatic N) is 3. The maximum atomic E-state index is 12.9. The van der Waals surface area contributed by atoms with Crippen molar-refractivity contribution >= 4 is 40.6 Å². The van der Waals surface area contributed by atoms with E-state index in [4.69, 9.17) is 5.11 Å². The largest absolute Gasteiger partial charge is 0.478 e. The number of imide groups is 1. The molecule has 3 aromatic rings. The normalized spacial score (nSPS) is 14.8. The second-order valence-electron chi connectivity index (χ2n) is 7.71. The van der Waals surface area contributed by atoms with Crippen molar-refractivity contribution in [3.63, 3.8) is 0 Å². The molecule has 0 spiro atoms. The Kier molecular flexibility index (Phi) is 6.08. The maximum Gasteiger partial charge on any atom is 0.335 e. The average molecular weight is 477 g/mol. The molecule has 4 rings (SSSR count). The van der Waals surface area contributed by atoms with E-state index < -0.39 is 22.0 Å². The minimum absolute atomic E-state index is 0.0228. The van der Waals surface area contributed by atoms with Crippen LogP contribution in [0, 0.1) is 24.0 Å². The average Bonchev–Trinajstić information content (AvgIpc) is 3.23. The van der Waals surface area contributed by atoms with E-state index in [9.17, 15) is 24.5 Å². The molecule has 1 aliphatic heterocycles. The molecule has 0 atom stereocenters. The first-order valence-electron chi connectivity index (χ1n) is 10.2. The summed E-state index contributed by atoms with van der Waals surface area (Å²) in [5, 5.41) is 19.5. The number of carbonyl (C=O) groups excluding carboxylic acids is 2. The van der Waals surface area contributed by atoms with Gasteiger partial charge in [-0.25, -0.2) is 4.79 Å². The Balaban J connectivity index is 1.58. The number of carboxylic acid groups (broad SMARTS) is 1. The van der Waals surface area contributed by atoms with Gasteiger partial charge in [0.25, 0.3) is 16.8 Å². The monoisotopic (exact) mass is 477 g/mol. The molecule has 1 saturated heterocycles. The number of nitro benzene ring substituents is 1. The van der Waals surface area contributed by atoms with E-state index in [0.29, 0.717) is 5.56 Å². The number of aromatic nitrogens is 1. The fraction of sp³-hybridized carbons (Fsp3) is 0.125. The number of hydrogen-bond donors (Lipinski definition) is 1. The zero-order chi connectivity index (χ0) is 24.6. The van der Waals surface area contributed by atoms with Crippen molar-refractivity contribution in [2.24, 2.45) is 0 Å². The number of rotatable bonds is 6. The maximum absolute atomic E-state index is 12.9. The standard InChI is InChI=1S/C24H19N3O6S/c1-14-11-18(15(2)26(14)19-9-5-17(6-10-19)23(29)30)12-21-22(28)25(24(31)34-21)13-16-3-7-20(8-4-16)27(32)33/h3-12H,13H2,1-2H3,(H,29,30). The predicted octanol–water partition coefficient (Wildman–Crippen LogP) is 4.94. The number of non-ortho nitro benzene ring substituents is 1. The van der Waals surface area contributed by atoms with Crippen molar-refractivity contribution in [3.8, 4) is 5.69 Å². The summed E-state index contributed by atoms with van der Waals surface area (Å²) in [6.45, 7) is 3.80. The SMILES string of the molecule is Cc1cc(C=C2SC(=O)N(Cc3ccc([N+](=O)[O-])cc3)C2=O)c(C)n1-c1ccc(C(=O)O)cc1. The molecular weight excluding hydrogens is 458 g/mol. The molecular formula is C24H19N3O6S. The van der Waals surface area contributed by atoms with Gasteiger partial charge in [-0.05, 0) is 73.1 Å². The minimum Gasteiger partial charge on any atom is -0.478 e. The van der Waals surface area contributed by atoms with Gasteiger partial charge in [-0.15, -0.1) is 0 Å². The molecule has 1 N–H and O–H groups in total. The minimum atomic E-state index is -1.00. The molecule has 9 nitrogen and oxygen atoms in total. The lowest BCUT2D eigenvalue weighted by atomic mass is 10.2. The van der Waals surface area contributed by atoms with Crippen LogP contribution in [-0.4, -0.2) is 36.6 Å². The van der Waals surface area contributed by atoms with Crippen molar-refractivity contribution < 1.29 is 24.4 Å². The van der Waals surface area contributed by atoms with Crippen molar-refractivity contribution in [1.82, 2.24) is 9.47 Å². The highest BCUT2D eigenvalue weighted by molar-refractivity contribution is 8.18. The predicted molar refractivity (Wildman–Crippen MR) is 127 cm³/mol. The van der Waals surface area contributed by atoms with Crippen LogP contribution < -0.4 is 0 Å². The van der Waals surface area contributed by atoms with Crippen molar-refractivity contribution in [3.05, 3.63) is 97.7 Å². The fourth-order valence-corrected chi connectivity index (χ4v) is 4.60. The van der Waals surface area contributed by atoms with Gasteiger partial charge in [0.15, 0.2) is 0 Å². The van der Waals surface area contributed by atoms with E-state index in [2.05, 4.69) is 0 Å². The van der Waals surface area contributed by atoms with E-state index >= 15 is 0 Å². The van der Waals surface area contributed by atoms with Gasteiger partial charge >= 0.3 is 5.97 Å². The highest BCUT2D eigenvalue weighted by atomic mass is 32.2. The van der Waals surface area contributed by atoms with E-state index in [1.165, 1.54) is 36.4 Å². The number of carbonyl (C=O) groups is 3. The van der Waals surface area contributed by atoms with E-state index in [1.54, 1.807) is 18.2 Å². The quantitative estimate of drug-likeness (QED) is 0.303. The number of benzene rings is 2. The van der Waals surface area contributed by atoms with Crippen LogP contribution in [0.3, 0.4) is 0 Å². The van der Waals surface area contributed by atoms with Crippen LogP contribution >= 0.6 is 11.8 Å². The second-order valence-corrected chi connectivity index (χ2v) is 8.70. The Morgan fingerprint density at radius 3 is 2.32 bits per heavy atom. The lowest BCUT2D eigenvalue weighted by Gasteiger charge is -2.12. The highest BCUT2D eigenvalue weighted by Gasteiger charge is 2.35. The molecule has 2 aromatic carbocycles. The number of nitro groups is 1. The summed E-state index contributed by atoms with van der Waals surface area (Å²) in [6, 6.07) is 14.1. The zero-order valence-corrected chi connectivity index (χ0v) is 19.0. The van der Waals surface area contributed by atoms with Gasteiger partial charge in [0.1, 0.15) is 0 Å². The Morgan fingerprint density at radius 1 is 1.09 bits per heavy atom. The molecule has 0 saturated carbocycles. The Hall–Kier alpha value is -4.18. The number of aromatic carboxylic acids is 1. The Bertz CT molecular complexity index is 1360. The molecule has 172 valence electrons. The van der Waals surface area contributed by atoms with Crippen LogP contribution in [0.4, 0.5) is 10.5 Å². The molecule has 10 heteroatoms. The Morgan fingerprint density at radius 2 is 1.74 bits per heavy atom. The van der Waals surface area contributed by atoms with E-state index in [0.717, 1.165) is 39.3 Å². The van der Waals surface area contributed by atoms with Gasteiger partial charge in [0.05, 0.1) is 21.9 Å². The third-order valence-electron chi connectivity index (χ3n) is 5.49. The highest BCUT2D eigenvalue weighted by Crippen LogP contribution is 2.35. The van der Waals surface area contributed by atoms with Crippen LogP contribution in [0.5, 0.6) is 0 Å². The van der Waals surface area contributed by atoms with E-state index in [1.807, 2.05) is 24.5 Å². The van der Waals surface area contributed by atoms with Crippen molar-refractivity contribution in [1.29, 1.82) is 0 Å². The van der Waals surface area contributed by atoms with Crippen molar-refractivity contribution in [2.45, 2.75) is 20.4 Å². The lowest BCUT2D eigenvalue weighted by Crippen LogP contribution is -2.27. The summed E-state index contributed by atoms with van der Waals surface area (Å²) in [6.07, 6.45) is 1.67. The molecule has 0 unspecified atom stereocenters. The molecule has 1 aliphatic rings. The van der Waals surface area contributed by atoms with Crippen molar-refractivity contribution in [2.75, 3.05) is 0 Å². The molecule has 1 fully saturated rings. The first-order chi connectivity index (χ1) is 16.2. The number of amides is 2. The number of aryl methyl sites for hydroxylation is 1. The van der Waals surface area contributed by atoms with Gasteiger partial charge in [-0.2, -0.15) is 0 Å². The Labute approximate surface area is 198 Å². The number of hydrogen-bond acceptors (Lipinski definition) is 6. The first-order valence-corrected chi connectivity index (χ1v) is 11.0. The van der Waals surface area contributed by atoms with Gasteiger partial charge in [0.2, 0.25) is 0 Å². The smallest absolute Gasteiger partial charge is 0.335 e. The number of carboxylic acids is 1. The van der Waals surface area contributed by atoms with Gasteiger partial charge in [-0.1, -0.05) is 12.1 Å². The molecule has 34 heavy (non-hydrogen) atoms. The zero-order valence-electron chi connectivity index (χ0n) is 18.2. The lowest BCUT2D eigenvalue weighted by molar-refractivity contribution is -0.384. The molecule has 0 bridgehead atoms. The van der Waals surface area contributed by atoms with Crippen LogP contribution in [0.2, 0.25) is 0 Å². The summed E-state index contributed by atoms with van der Waals surface area (Å²) in [4.78, 5) is 48.2. The summed E-state index contributed by atoms with van der Waals surface area (Å²) >= 11 is 0.845. The van der Waals surface area contributed by atoms with Crippen LogP contribution in [0.15, 0.2) is 59.5 Å². The molecule has 2 heterocycles.